The lowest BCUT2D eigenvalue weighted by molar-refractivity contribution is -0.136. The molecule has 146 valence electrons. The molecular weight excluding hydrogens is 352 g/mol. The van der Waals surface area contributed by atoms with Gasteiger partial charge in [-0.25, -0.2) is 9.97 Å². The zero-order chi connectivity index (χ0) is 19.1. The number of rotatable bonds is 3. The molecule has 2 heterocycles. The second-order valence-electron chi connectivity index (χ2n) is 8.46. The van der Waals surface area contributed by atoms with E-state index in [1.54, 1.807) is 0 Å². The highest BCUT2D eigenvalue weighted by atomic mass is 16.2. The molecular formula is C22H26N4O2. The molecule has 3 aliphatic rings. The van der Waals surface area contributed by atoms with Crippen LogP contribution in [0, 0.1) is 17.8 Å². The summed E-state index contributed by atoms with van der Waals surface area (Å²) in [5.74, 6) is 1.76. The summed E-state index contributed by atoms with van der Waals surface area (Å²) in [6, 6.07) is 7.78. The molecule has 3 atom stereocenters. The summed E-state index contributed by atoms with van der Waals surface area (Å²) in [5.41, 5.74) is 1.64. The molecule has 1 unspecified atom stereocenters. The molecule has 1 aromatic carbocycles. The zero-order valence-electron chi connectivity index (χ0n) is 16.1. The monoisotopic (exact) mass is 378 g/mol. The van der Waals surface area contributed by atoms with Crippen LogP contribution in [0.1, 0.15) is 44.9 Å². The number of ketones is 1. The Morgan fingerprint density at radius 2 is 1.61 bits per heavy atom. The van der Waals surface area contributed by atoms with Gasteiger partial charge in [-0.2, -0.15) is 0 Å². The van der Waals surface area contributed by atoms with E-state index >= 15 is 0 Å². The molecule has 2 aliphatic carbocycles. The predicted molar refractivity (Wildman–Crippen MR) is 108 cm³/mol. The molecule has 1 saturated heterocycles. The van der Waals surface area contributed by atoms with Crippen molar-refractivity contribution in [1.82, 2.24) is 9.97 Å². The third-order valence-electron chi connectivity index (χ3n) is 6.62. The molecule has 0 radical (unpaired) electrons. The standard InChI is InChI=1S/C22H26N4O2/c27-19-14-6-5-7-15(19)13-16(12-14)22(28)25-20-21(26-10-3-4-11-26)24-18-9-2-1-8-17(18)23-20/h1-2,8-9,14-16H,3-7,10-13H2,(H,23,25,28)/t14-,15+,16?. The normalized spacial score (nSPS) is 27.2. The van der Waals surface area contributed by atoms with Crippen LogP contribution in [0.3, 0.4) is 0 Å². The first-order valence-corrected chi connectivity index (χ1v) is 10.6. The van der Waals surface area contributed by atoms with Crippen LogP contribution < -0.4 is 10.2 Å². The summed E-state index contributed by atoms with van der Waals surface area (Å²) in [7, 11) is 0. The molecule has 1 aromatic heterocycles. The van der Waals surface area contributed by atoms with Gasteiger partial charge in [0.2, 0.25) is 5.91 Å². The van der Waals surface area contributed by atoms with Crippen LogP contribution in [-0.4, -0.2) is 34.7 Å². The van der Waals surface area contributed by atoms with E-state index in [9.17, 15) is 9.59 Å². The maximum Gasteiger partial charge on any atom is 0.228 e. The maximum atomic E-state index is 13.1. The van der Waals surface area contributed by atoms with Gasteiger partial charge in [-0.05, 0) is 50.7 Å². The van der Waals surface area contributed by atoms with Gasteiger partial charge in [-0.1, -0.05) is 18.6 Å². The quantitative estimate of drug-likeness (QED) is 0.884. The topological polar surface area (TPSA) is 75.2 Å². The van der Waals surface area contributed by atoms with E-state index < -0.39 is 0 Å². The Morgan fingerprint density at radius 1 is 0.964 bits per heavy atom. The number of carbonyl (C=O) groups is 2. The first kappa shape index (κ1) is 17.6. The Kier molecular flexibility index (Phi) is 4.49. The minimum Gasteiger partial charge on any atom is -0.354 e. The van der Waals surface area contributed by atoms with Crippen LogP contribution in [0.5, 0.6) is 0 Å². The Bertz CT molecular complexity index is 906. The summed E-state index contributed by atoms with van der Waals surface area (Å²) >= 11 is 0. The van der Waals surface area contributed by atoms with Crippen molar-refractivity contribution in [2.45, 2.75) is 44.9 Å². The lowest BCUT2D eigenvalue weighted by Crippen LogP contribution is -2.40. The fraction of sp³-hybridized carbons (Fsp3) is 0.545. The molecule has 28 heavy (non-hydrogen) atoms. The second-order valence-corrected chi connectivity index (χ2v) is 8.46. The number of aromatic nitrogens is 2. The fourth-order valence-corrected chi connectivity index (χ4v) is 5.14. The van der Waals surface area contributed by atoms with Crippen LogP contribution in [0.25, 0.3) is 11.0 Å². The van der Waals surface area contributed by atoms with Gasteiger partial charge in [-0.15, -0.1) is 0 Å². The van der Waals surface area contributed by atoms with Gasteiger partial charge >= 0.3 is 0 Å². The average molecular weight is 378 g/mol. The maximum absolute atomic E-state index is 13.1. The summed E-state index contributed by atoms with van der Waals surface area (Å²) in [5, 5.41) is 3.09. The van der Waals surface area contributed by atoms with E-state index in [1.807, 2.05) is 24.3 Å². The van der Waals surface area contributed by atoms with Crippen LogP contribution in [0.4, 0.5) is 11.6 Å². The number of para-hydroxylation sites is 2. The van der Waals surface area contributed by atoms with Crippen molar-refractivity contribution in [2.75, 3.05) is 23.3 Å². The molecule has 1 amide bonds. The Labute approximate surface area is 164 Å². The molecule has 2 aromatic rings. The van der Waals surface area contributed by atoms with Crippen LogP contribution in [-0.2, 0) is 9.59 Å². The summed E-state index contributed by atoms with van der Waals surface area (Å²) < 4.78 is 0. The molecule has 2 saturated carbocycles. The minimum atomic E-state index is -0.104. The molecule has 6 heteroatoms. The Morgan fingerprint density at radius 3 is 2.29 bits per heavy atom. The molecule has 3 fully saturated rings. The minimum absolute atomic E-state index is 0.00516. The van der Waals surface area contributed by atoms with Crippen molar-refractivity contribution >= 4 is 34.4 Å². The zero-order valence-corrected chi connectivity index (χ0v) is 16.1. The van der Waals surface area contributed by atoms with Crippen molar-refractivity contribution in [3.8, 4) is 0 Å². The van der Waals surface area contributed by atoms with Crippen molar-refractivity contribution in [3.05, 3.63) is 24.3 Å². The first-order valence-electron chi connectivity index (χ1n) is 10.6. The number of nitrogens with zero attached hydrogens (tertiary/aromatic N) is 3. The largest absolute Gasteiger partial charge is 0.354 e. The number of Topliss-reactive ketones (excluding diaryl/α,β-unsaturated/α-hetero) is 1. The third kappa shape index (κ3) is 3.15. The number of hydrogen-bond acceptors (Lipinski definition) is 5. The van der Waals surface area contributed by atoms with Crippen molar-refractivity contribution in [3.63, 3.8) is 0 Å². The third-order valence-corrected chi connectivity index (χ3v) is 6.62. The number of fused-ring (bicyclic) bond motifs is 3. The van der Waals surface area contributed by atoms with Gasteiger partial charge in [0, 0.05) is 30.8 Å². The van der Waals surface area contributed by atoms with Crippen molar-refractivity contribution < 1.29 is 9.59 Å². The van der Waals surface area contributed by atoms with E-state index in [0.717, 1.165) is 62.0 Å². The number of anilines is 2. The van der Waals surface area contributed by atoms with Gasteiger partial charge in [0.05, 0.1) is 11.0 Å². The van der Waals surface area contributed by atoms with Crippen LogP contribution in [0.15, 0.2) is 24.3 Å². The van der Waals surface area contributed by atoms with Crippen LogP contribution >= 0.6 is 0 Å². The highest BCUT2D eigenvalue weighted by Gasteiger charge is 2.41. The number of hydrogen-bond donors (Lipinski definition) is 1. The van der Waals surface area contributed by atoms with E-state index in [1.165, 1.54) is 0 Å². The number of amides is 1. The van der Waals surface area contributed by atoms with Crippen LogP contribution in [0.2, 0.25) is 0 Å². The summed E-state index contributed by atoms with van der Waals surface area (Å²) in [6.45, 7) is 1.88. The van der Waals surface area contributed by atoms with Gasteiger partial charge in [0.15, 0.2) is 11.6 Å². The van der Waals surface area contributed by atoms with Gasteiger partial charge < -0.3 is 10.2 Å². The first-order chi connectivity index (χ1) is 13.7. The summed E-state index contributed by atoms with van der Waals surface area (Å²) in [6.07, 6.45) is 6.63. The van der Waals surface area contributed by atoms with E-state index in [0.29, 0.717) is 24.4 Å². The van der Waals surface area contributed by atoms with E-state index in [-0.39, 0.29) is 23.7 Å². The van der Waals surface area contributed by atoms with E-state index in [2.05, 4.69) is 10.2 Å². The molecule has 1 aliphatic heterocycles. The van der Waals surface area contributed by atoms with Crippen molar-refractivity contribution in [2.24, 2.45) is 17.8 Å². The van der Waals surface area contributed by atoms with Gasteiger partial charge in [0.1, 0.15) is 5.78 Å². The van der Waals surface area contributed by atoms with E-state index in [4.69, 9.17) is 9.97 Å². The van der Waals surface area contributed by atoms with Gasteiger partial charge in [-0.3, -0.25) is 9.59 Å². The summed E-state index contributed by atoms with van der Waals surface area (Å²) in [4.78, 5) is 37.2. The Balaban J connectivity index is 1.43. The van der Waals surface area contributed by atoms with Gasteiger partial charge in [0.25, 0.3) is 0 Å². The highest BCUT2D eigenvalue weighted by molar-refractivity contribution is 5.97. The fourth-order valence-electron chi connectivity index (χ4n) is 5.14. The lowest BCUT2D eigenvalue weighted by atomic mass is 9.67. The SMILES string of the molecule is O=C(Nc1nc2ccccc2nc1N1CCCC1)C1C[C@H]2CCC[C@@H](C1)C2=O. The molecule has 5 rings (SSSR count). The number of carbonyl (C=O) groups excluding carboxylic acids is 2. The van der Waals surface area contributed by atoms with Crippen molar-refractivity contribution in [1.29, 1.82) is 0 Å². The number of nitrogens with one attached hydrogen (secondary N) is 1. The average Bonchev–Trinajstić information content (AvgIpc) is 3.22. The second kappa shape index (κ2) is 7.15. The smallest absolute Gasteiger partial charge is 0.228 e. The molecule has 0 spiro atoms. The molecule has 1 N–H and O–H groups in total. The lowest BCUT2D eigenvalue weighted by Gasteiger charge is -2.37. The Hall–Kier alpha value is -2.50. The number of benzene rings is 1. The molecule has 2 bridgehead atoms. The highest BCUT2D eigenvalue weighted by Crippen LogP contribution is 2.40. The predicted octanol–water partition coefficient (Wildman–Crippen LogP) is 3.56. The molecule has 6 nitrogen and oxygen atoms in total.